The number of nitrogens with two attached hydrogens (primary N) is 1. The third-order valence-electron chi connectivity index (χ3n) is 3.52. The molecule has 106 valence electrons. The van der Waals surface area contributed by atoms with Gasteiger partial charge in [-0.2, -0.15) is 4.31 Å². The van der Waals surface area contributed by atoms with Crippen LogP contribution in [0.3, 0.4) is 0 Å². The Morgan fingerprint density at radius 3 is 2.63 bits per heavy atom. The molecule has 1 aromatic rings. The minimum absolute atomic E-state index is 0.00804. The fourth-order valence-electron chi connectivity index (χ4n) is 2.48. The molecule has 0 spiro atoms. The molecule has 1 aliphatic heterocycles. The number of nitrogens with zero attached hydrogens (tertiary/aromatic N) is 2. The topological polar surface area (TPSA) is 66.6 Å². The molecule has 2 N–H and O–H groups in total. The summed E-state index contributed by atoms with van der Waals surface area (Å²) in [4.78, 5) is 2.15. The van der Waals surface area contributed by atoms with Crippen molar-refractivity contribution in [2.24, 2.45) is 0 Å². The first kappa shape index (κ1) is 14.3. The quantitative estimate of drug-likeness (QED) is 0.831. The van der Waals surface area contributed by atoms with Gasteiger partial charge >= 0.3 is 0 Å². The molecule has 1 unspecified atom stereocenters. The SMILES string of the molecule is CC1CN(C)CCN1S(=O)(=O)Cc1ccccc1N. The van der Waals surface area contributed by atoms with Crippen molar-refractivity contribution in [3.63, 3.8) is 0 Å². The Balaban J connectivity index is 2.17. The molecule has 0 saturated carbocycles. The van der Waals surface area contributed by atoms with E-state index in [0.717, 1.165) is 13.1 Å². The first-order chi connectivity index (χ1) is 8.90. The zero-order valence-electron chi connectivity index (χ0n) is 11.4. The van der Waals surface area contributed by atoms with E-state index in [9.17, 15) is 8.42 Å². The molecule has 5 nitrogen and oxygen atoms in total. The van der Waals surface area contributed by atoms with Crippen LogP contribution in [0, 0.1) is 0 Å². The Morgan fingerprint density at radius 1 is 1.32 bits per heavy atom. The highest BCUT2D eigenvalue weighted by atomic mass is 32.2. The summed E-state index contributed by atoms with van der Waals surface area (Å²) in [5, 5.41) is 0. The second-order valence-corrected chi connectivity index (χ2v) is 7.10. The van der Waals surface area contributed by atoms with Crippen LogP contribution in [0.4, 0.5) is 5.69 Å². The number of nitrogen functional groups attached to an aromatic ring is 1. The molecular formula is C13H21N3O2S. The van der Waals surface area contributed by atoms with Gasteiger partial charge in [0.05, 0.1) is 5.75 Å². The normalized spacial score (nSPS) is 22.5. The molecule has 1 fully saturated rings. The molecule has 0 bridgehead atoms. The minimum Gasteiger partial charge on any atom is -0.398 e. The minimum atomic E-state index is -3.30. The van der Waals surface area contributed by atoms with Crippen molar-refractivity contribution in [1.29, 1.82) is 0 Å². The predicted octanol–water partition coefficient (Wildman–Crippen LogP) is 0.734. The monoisotopic (exact) mass is 283 g/mol. The molecule has 1 heterocycles. The van der Waals surface area contributed by atoms with Crippen molar-refractivity contribution in [1.82, 2.24) is 9.21 Å². The van der Waals surface area contributed by atoms with Crippen LogP contribution < -0.4 is 5.73 Å². The van der Waals surface area contributed by atoms with Gasteiger partial charge in [-0.1, -0.05) is 18.2 Å². The standard InChI is InChI=1S/C13H21N3O2S/c1-11-9-15(2)7-8-16(11)19(17,18)10-12-5-3-4-6-13(12)14/h3-6,11H,7-10,14H2,1-2H3. The number of anilines is 1. The molecule has 1 saturated heterocycles. The highest BCUT2D eigenvalue weighted by Gasteiger charge is 2.31. The highest BCUT2D eigenvalue weighted by Crippen LogP contribution is 2.20. The molecule has 1 aliphatic rings. The number of sulfonamides is 1. The molecule has 6 heteroatoms. The summed E-state index contributed by atoms with van der Waals surface area (Å²) in [6.07, 6.45) is 0. The van der Waals surface area contributed by atoms with Gasteiger partial charge in [0.25, 0.3) is 0 Å². The highest BCUT2D eigenvalue weighted by molar-refractivity contribution is 7.88. The Kier molecular flexibility index (Phi) is 4.13. The maximum absolute atomic E-state index is 12.5. The second kappa shape index (κ2) is 5.48. The maximum atomic E-state index is 12.5. The fourth-order valence-corrected chi connectivity index (χ4v) is 4.28. The van der Waals surface area contributed by atoms with Crippen molar-refractivity contribution >= 4 is 15.7 Å². The van der Waals surface area contributed by atoms with Gasteiger partial charge in [-0.25, -0.2) is 8.42 Å². The van der Waals surface area contributed by atoms with E-state index in [1.807, 2.05) is 26.1 Å². The van der Waals surface area contributed by atoms with Crippen LogP contribution in [0.25, 0.3) is 0 Å². The average molecular weight is 283 g/mol. The van der Waals surface area contributed by atoms with E-state index in [1.54, 1.807) is 16.4 Å². The van der Waals surface area contributed by atoms with Gasteiger partial charge in [-0.05, 0) is 25.6 Å². The van der Waals surface area contributed by atoms with E-state index < -0.39 is 10.0 Å². The van der Waals surface area contributed by atoms with E-state index in [1.165, 1.54) is 0 Å². The number of hydrogen-bond donors (Lipinski definition) is 1. The van der Waals surface area contributed by atoms with Gasteiger partial charge in [0.2, 0.25) is 10.0 Å². The van der Waals surface area contributed by atoms with E-state index in [4.69, 9.17) is 5.73 Å². The summed E-state index contributed by atoms with van der Waals surface area (Å²) in [5.41, 5.74) is 7.03. The van der Waals surface area contributed by atoms with Gasteiger partial charge in [0, 0.05) is 31.4 Å². The fraction of sp³-hybridized carbons (Fsp3) is 0.538. The molecule has 2 rings (SSSR count). The van der Waals surface area contributed by atoms with Crippen LogP contribution in [0.5, 0.6) is 0 Å². The molecule has 1 atom stereocenters. The summed E-state index contributed by atoms with van der Waals surface area (Å²) < 4.78 is 26.5. The van der Waals surface area contributed by atoms with Crippen molar-refractivity contribution in [3.8, 4) is 0 Å². The number of rotatable bonds is 3. The maximum Gasteiger partial charge on any atom is 0.218 e. The summed E-state index contributed by atoms with van der Waals surface area (Å²) in [6.45, 7) is 4.03. The third-order valence-corrected chi connectivity index (χ3v) is 5.45. The van der Waals surface area contributed by atoms with E-state index in [0.29, 0.717) is 17.8 Å². The summed E-state index contributed by atoms with van der Waals surface area (Å²) >= 11 is 0. The summed E-state index contributed by atoms with van der Waals surface area (Å²) in [5.74, 6) is -0.0201. The van der Waals surface area contributed by atoms with Crippen LogP contribution in [-0.2, 0) is 15.8 Å². The number of benzene rings is 1. The number of para-hydroxylation sites is 1. The van der Waals surface area contributed by atoms with Crippen LogP contribution in [0.1, 0.15) is 12.5 Å². The summed E-state index contributed by atoms with van der Waals surface area (Å²) in [6, 6.07) is 7.14. The summed E-state index contributed by atoms with van der Waals surface area (Å²) in [7, 11) is -1.30. The van der Waals surface area contributed by atoms with Gasteiger partial charge in [0.1, 0.15) is 0 Å². The smallest absolute Gasteiger partial charge is 0.218 e. The van der Waals surface area contributed by atoms with E-state index >= 15 is 0 Å². The molecule has 19 heavy (non-hydrogen) atoms. The second-order valence-electron chi connectivity index (χ2n) is 5.18. The first-order valence-corrected chi connectivity index (χ1v) is 8.02. The van der Waals surface area contributed by atoms with Crippen molar-refractivity contribution < 1.29 is 8.42 Å². The molecule has 0 aliphatic carbocycles. The van der Waals surface area contributed by atoms with Crippen LogP contribution >= 0.6 is 0 Å². The predicted molar refractivity (Wildman–Crippen MR) is 77.1 cm³/mol. The van der Waals surface area contributed by atoms with Gasteiger partial charge in [-0.15, -0.1) is 0 Å². The zero-order chi connectivity index (χ0) is 14.0. The number of hydrogen-bond acceptors (Lipinski definition) is 4. The van der Waals surface area contributed by atoms with Crippen molar-refractivity contribution in [2.75, 3.05) is 32.4 Å². The Bertz CT molecular complexity index is 545. The Hall–Kier alpha value is -1.11. The van der Waals surface area contributed by atoms with Gasteiger partial charge < -0.3 is 10.6 Å². The van der Waals surface area contributed by atoms with Gasteiger partial charge in [-0.3, -0.25) is 0 Å². The molecule has 0 amide bonds. The Labute approximate surface area is 115 Å². The third kappa shape index (κ3) is 3.26. The lowest BCUT2D eigenvalue weighted by atomic mass is 10.2. The lowest BCUT2D eigenvalue weighted by Crippen LogP contribution is -2.52. The van der Waals surface area contributed by atoms with E-state index in [2.05, 4.69) is 4.90 Å². The number of likely N-dealkylation sites (N-methyl/N-ethyl adjacent to an activating group) is 1. The molecular weight excluding hydrogens is 262 g/mol. The lowest BCUT2D eigenvalue weighted by molar-refractivity contribution is 0.170. The Morgan fingerprint density at radius 2 is 2.00 bits per heavy atom. The lowest BCUT2D eigenvalue weighted by Gasteiger charge is -2.37. The largest absolute Gasteiger partial charge is 0.398 e. The van der Waals surface area contributed by atoms with Crippen molar-refractivity contribution in [3.05, 3.63) is 29.8 Å². The molecule has 0 radical (unpaired) electrons. The van der Waals surface area contributed by atoms with Crippen LogP contribution in [0.2, 0.25) is 0 Å². The van der Waals surface area contributed by atoms with Crippen molar-refractivity contribution in [2.45, 2.75) is 18.7 Å². The first-order valence-electron chi connectivity index (χ1n) is 6.41. The molecule has 1 aromatic carbocycles. The van der Waals surface area contributed by atoms with Crippen LogP contribution in [-0.4, -0.2) is 50.3 Å². The van der Waals surface area contributed by atoms with Gasteiger partial charge in [0.15, 0.2) is 0 Å². The van der Waals surface area contributed by atoms with E-state index in [-0.39, 0.29) is 11.8 Å². The zero-order valence-corrected chi connectivity index (χ0v) is 12.2. The average Bonchev–Trinajstić information content (AvgIpc) is 2.31. The molecule has 0 aromatic heterocycles. The number of piperazine rings is 1. The van der Waals surface area contributed by atoms with Crippen LogP contribution in [0.15, 0.2) is 24.3 Å².